The molecule has 2 rings (SSSR count). The number of rotatable bonds is 3. The van der Waals surface area contributed by atoms with E-state index in [-0.39, 0.29) is 5.92 Å². The summed E-state index contributed by atoms with van der Waals surface area (Å²) in [6.07, 6.45) is 0. The quantitative estimate of drug-likeness (QED) is 0.906. The number of carbonyl (C=O) groups is 1. The van der Waals surface area contributed by atoms with Crippen molar-refractivity contribution >= 4 is 17.0 Å². The van der Waals surface area contributed by atoms with Crippen LogP contribution in [0.25, 0.3) is 11.0 Å². The maximum Gasteiger partial charge on any atom is 0.311 e. The summed E-state index contributed by atoms with van der Waals surface area (Å²) in [5.41, 5.74) is 2.73. The second-order valence-electron chi connectivity index (χ2n) is 5.03. The van der Waals surface area contributed by atoms with Crippen LogP contribution in [0, 0.1) is 12.8 Å². The smallest absolute Gasteiger partial charge is 0.311 e. The molecular formula is C14H18N2O2. The Balaban J connectivity index is 2.58. The zero-order valence-electron chi connectivity index (χ0n) is 11.1. The number of aryl methyl sites for hydroxylation is 2. The molecule has 1 heterocycles. The van der Waals surface area contributed by atoms with Gasteiger partial charge in [-0.15, -0.1) is 0 Å². The van der Waals surface area contributed by atoms with Crippen molar-refractivity contribution in [2.24, 2.45) is 13.0 Å². The number of carboxylic acid groups (broad SMARTS) is 1. The van der Waals surface area contributed by atoms with Crippen LogP contribution in [0.1, 0.15) is 31.2 Å². The van der Waals surface area contributed by atoms with Crippen LogP contribution in [0.4, 0.5) is 0 Å². The molecule has 0 saturated carbocycles. The zero-order chi connectivity index (χ0) is 13.4. The minimum Gasteiger partial charge on any atom is -0.481 e. The molecule has 1 atom stereocenters. The van der Waals surface area contributed by atoms with Crippen LogP contribution in [-0.4, -0.2) is 20.6 Å². The van der Waals surface area contributed by atoms with Gasteiger partial charge in [0.05, 0.1) is 17.0 Å². The first-order chi connectivity index (χ1) is 8.41. The number of nitrogens with zero attached hydrogens (tertiary/aromatic N) is 2. The fourth-order valence-corrected chi connectivity index (χ4v) is 2.33. The first-order valence-corrected chi connectivity index (χ1v) is 6.07. The van der Waals surface area contributed by atoms with Crippen LogP contribution in [0.2, 0.25) is 0 Å². The average molecular weight is 246 g/mol. The molecule has 1 aromatic carbocycles. The predicted octanol–water partition coefficient (Wildman–Crippen LogP) is 2.71. The second-order valence-corrected chi connectivity index (χ2v) is 5.03. The van der Waals surface area contributed by atoms with E-state index in [9.17, 15) is 9.90 Å². The maximum atomic E-state index is 11.3. The minimum absolute atomic E-state index is 0.0641. The predicted molar refractivity (Wildman–Crippen MR) is 70.7 cm³/mol. The van der Waals surface area contributed by atoms with Gasteiger partial charge in [0.1, 0.15) is 5.82 Å². The molecule has 0 aliphatic rings. The number of hydrogen-bond donors (Lipinski definition) is 1. The lowest BCUT2D eigenvalue weighted by atomic mass is 9.88. The van der Waals surface area contributed by atoms with Gasteiger partial charge in [-0.05, 0) is 30.5 Å². The van der Waals surface area contributed by atoms with Gasteiger partial charge in [-0.3, -0.25) is 4.79 Å². The van der Waals surface area contributed by atoms with Gasteiger partial charge in [0, 0.05) is 7.05 Å². The summed E-state index contributed by atoms with van der Waals surface area (Å²) in [6.45, 7) is 5.80. The number of imidazole rings is 1. The molecule has 0 amide bonds. The largest absolute Gasteiger partial charge is 0.481 e. The molecule has 0 saturated heterocycles. The molecule has 4 heteroatoms. The molecule has 0 spiro atoms. The van der Waals surface area contributed by atoms with Gasteiger partial charge in [-0.2, -0.15) is 0 Å². The van der Waals surface area contributed by atoms with Gasteiger partial charge in [-0.1, -0.05) is 19.9 Å². The molecule has 1 unspecified atom stereocenters. The highest BCUT2D eigenvalue weighted by molar-refractivity contribution is 5.81. The zero-order valence-corrected chi connectivity index (χ0v) is 11.1. The molecule has 0 radical (unpaired) electrons. The number of aromatic nitrogens is 2. The fraction of sp³-hybridized carbons (Fsp3) is 0.429. The van der Waals surface area contributed by atoms with Crippen LogP contribution in [0.3, 0.4) is 0 Å². The Bertz CT molecular complexity index is 599. The first kappa shape index (κ1) is 12.6. The van der Waals surface area contributed by atoms with Crippen LogP contribution in [-0.2, 0) is 11.8 Å². The van der Waals surface area contributed by atoms with Crippen LogP contribution >= 0.6 is 0 Å². The van der Waals surface area contributed by atoms with E-state index in [1.807, 2.05) is 50.6 Å². The Morgan fingerprint density at radius 2 is 2.06 bits per heavy atom. The van der Waals surface area contributed by atoms with Crippen LogP contribution in [0.15, 0.2) is 18.2 Å². The number of aliphatic carboxylic acids is 1. The molecule has 2 aromatic rings. The first-order valence-electron chi connectivity index (χ1n) is 6.07. The fourth-order valence-electron chi connectivity index (χ4n) is 2.33. The van der Waals surface area contributed by atoms with Crippen molar-refractivity contribution in [2.45, 2.75) is 26.7 Å². The van der Waals surface area contributed by atoms with Crippen molar-refractivity contribution in [3.8, 4) is 0 Å². The maximum absolute atomic E-state index is 11.3. The summed E-state index contributed by atoms with van der Waals surface area (Å²) in [5, 5.41) is 9.32. The highest BCUT2D eigenvalue weighted by Crippen LogP contribution is 2.27. The lowest BCUT2D eigenvalue weighted by molar-refractivity contribution is -0.139. The molecule has 18 heavy (non-hydrogen) atoms. The van der Waals surface area contributed by atoms with E-state index in [1.54, 1.807) is 0 Å². The molecule has 0 bridgehead atoms. The molecule has 4 nitrogen and oxygen atoms in total. The Morgan fingerprint density at radius 3 is 2.61 bits per heavy atom. The van der Waals surface area contributed by atoms with E-state index in [1.165, 1.54) is 0 Å². The summed E-state index contributed by atoms with van der Waals surface area (Å²) < 4.78 is 1.98. The Hall–Kier alpha value is -1.84. The lowest BCUT2D eigenvalue weighted by Crippen LogP contribution is -2.17. The third kappa shape index (κ3) is 1.98. The van der Waals surface area contributed by atoms with Gasteiger partial charge in [0.2, 0.25) is 0 Å². The molecule has 1 aromatic heterocycles. The highest BCUT2D eigenvalue weighted by atomic mass is 16.4. The van der Waals surface area contributed by atoms with Crippen LogP contribution in [0.5, 0.6) is 0 Å². The second kappa shape index (κ2) is 4.44. The van der Waals surface area contributed by atoms with Gasteiger partial charge < -0.3 is 9.67 Å². The number of carboxylic acids is 1. The third-order valence-electron chi connectivity index (χ3n) is 3.42. The summed E-state index contributed by atoms with van der Waals surface area (Å²) in [7, 11) is 1.94. The van der Waals surface area contributed by atoms with Crippen molar-refractivity contribution < 1.29 is 9.90 Å². The SMILES string of the molecule is Cc1nc2ccc(C(C(=O)O)C(C)C)cc2n1C. The van der Waals surface area contributed by atoms with E-state index in [4.69, 9.17) is 0 Å². The monoisotopic (exact) mass is 246 g/mol. The third-order valence-corrected chi connectivity index (χ3v) is 3.42. The number of benzene rings is 1. The standard InChI is InChI=1S/C14H18N2O2/c1-8(2)13(14(17)18)10-5-6-11-12(7-10)16(4)9(3)15-11/h5-8,13H,1-4H3,(H,17,18). The number of fused-ring (bicyclic) bond motifs is 1. The lowest BCUT2D eigenvalue weighted by Gasteiger charge is -2.16. The minimum atomic E-state index is -0.775. The van der Waals surface area contributed by atoms with E-state index >= 15 is 0 Å². The number of hydrogen-bond acceptors (Lipinski definition) is 2. The Kier molecular flexibility index (Phi) is 3.11. The summed E-state index contributed by atoms with van der Waals surface area (Å²) >= 11 is 0. The average Bonchev–Trinajstić information content (AvgIpc) is 2.55. The molecule has 0 aliphatic carbocycles. The highest BCUT2D eigenvalue weighted by Gasteiger charge is 2.24. The van der Waals surface area contributed by atoms with Gasteiger partial charge in [-0.25, -0.2) is 4.98 Å². The topological polar surface area (TPSA) is 55.1 Å². The van der Waals surface area contributed by atoms with E-state index < -0.39 is 11.9 Å². The van der Waals surface area contributed by atoms with Gasteiger partial charge in [0.25, 0.3) is 0 Å². The van der Waals surface area contributed by atoms with E-state index in [2.05, 4.69) is 4.98 Å². The molecule has 0 aliphatic heterocycles. The molecule has 1 N–H and O–H groups in total. The van der Waals surface area contributed by atoms with Crippen molar-refractivity contribution in [2.75, 3.05) is 0 Å². The summed E-state index contributed by atoms with van der Waals surface area (Å²) in [5.74, 6) is -0.249. The van der Waals surface area contributed by atoms with E-state index in [0.717, 1.165) is 22.4 Å². The van der Waals surface area contributed by atoms with Crippen molar-refractivity contribution in [1.29, 1.82) is 0 Å². The van der Waals surface area contributed by atoms with Crippen LogP contribution < -0.4 is 0 Å². The molecule has 96 valence electrons. The Morgan fingerprint density at radius 1 is 1.39 bits per heavy atom. The van der Waals surface area contributed by atoms with E-state index in [0.29, 0.717) is 0 Å². The van der Waals surface area contributed by atoms with Crippen molar-refractivity contribution in [3.05, 3.63) is 29.6 Å². The molecular weight excluding hydrogens is 228 g/mol. The normalized spacial score (nSPS) is 13.2. The van der Waals surface area contributed by atoms with Crippen molar-refractivity contribution in [1.82, 2.24) is 9.55 Å². The van der Waals surface area contributed by atoms with Gasteiger partial charge in [0.15, 0.2) is 0 Å². The van der Waals surface area contributed by atoms with Gasteiger partial charge >= 0.3 is 5.97 Å². The summed E-state index contributed by atoms with van der Waals surface area (Å²) in [4.78, 5) is 15.8. The summed E-state index contributed by atoms with van der Waals surface area (Å²) in [6, 6.07) is 5.71. The van der Waals surface area contributed by atoms with Crippen molar-refractivity contribution in [3.63, 3.8) is 0 Å². The molecule has 0 fully saturated rings. The Labute approximate surface area is 106 Å².